The third-order valence-electron chi connectivity index (χ3n) is 2.03. The molecule has 0 bridgehead atoms. The third-order valence-corrected chi connectivity index (χ3v) is 4.97. The minimum Gasteiger partial charge on any atom is -0.214 e. The Bertz CT molecular complexity index is 418. The van der Waals surface area contributed by atoms with Gasteiger partial charge in [0, 0.05) is 9.75 Å². The molecule has 0 aromatic carbocycles. The van der Waals surface area contributed by atoms with Crippen molar-refractivity contribution in [1.82, 2.24) is 4.72 Å². The smallest absolute Gasteiger partial charge is 0.214 e. The summed E-state index contributed by atoms with van der Waals surface area (Å²) in [5, 5.41) is 0. The molecule has 0 saturated heterocycles. The molecule has 1 heterocycles. The molecule has 0 aliphatic heterocycles. The molecular formula is C8H13NO2S2. The molecule has 0 spiro atoms. The first-order valence-electron chi connectivity index (χ1n) is 3.90. The van der Waals surface area contributed by atoms with Crippen molar-refractivity contribution in [2.75, 3.05) is 7.05 Å². The van der Waals surface area contributed by atoms with Crippen molar-refractivity contribution in [2.45, 2.75) is 25.7 Å². The summed E-state index contributed by atoms with van der Waals surface area (Å²) < 4.78 is 25.4. The molecule has 0 amide bonds. The van der Waals surface area contributed by atoms with Crippen molar-refractivity contribution in [1.29, 1.82) is 0 Å². The number of hydrogen-bond donors (Lipinski definition) is 1. The number of rotatable bonds is 2. The first kappa shape index (κ1) is 10.7. The summed E-state index contributed by atoms with van der Waals surface area (Å²) in [5.74, 6) is 0. The quantitative estimate of drug-likeness (QED) is 0.821. The fourth-order valence-electron chi connectivity index (χ4n) is 1.27. The van der Waals surface area contributed by atoms with Crippen LogP contribution in [0.25, 0.3) is 0 Å². The van der Waals surface area contributed by atoms with Crippen LogP contribution < -0.4 is 4.72 Å². The highest BCUT2D eigenvalue weighted by Gasteiger charge is 2.20. The van der Waals surface area contributed by atoms with Gasteiger partial charge in [0.25, 0.3) is 0 Å². The van der Waals surface area contributed by atoms with Gasteiger partial charge in [0.15, 0.2) is 0 Å². The van der Waals surface area contributed by atoms with Crippen LogP contribution in [0.1, 0.15) is 15.3 Å². The second-order valence-electron chi connectivity index (χ2n) is 2.88. The average molecular weight is 219 g/mol. The lowest BCUT2D eigenvalue weighted by atomic mass is 10.3. The molecular weight excluding hydrogens is 206 g/mol. The van der Waals surface area contributed by atoms with E-state index in [9.17, 15) is 8.42 Å². The summed E-state index contributed by atoms with van der Waals surface area (Å²) in [6, 6.07) is 0. The molecule has 0 radical (unpaired) electrons. The second kappa shape index (κ2) is 3.40. The third kappa shape index (κ3) is 1.77. The summed E-state index contributed by atoms with van der Waals surface area (Å²) in [5.41, 5.74) is 0.858. The lowest BCUT2D eigenvalue weighted by molar-refractivity contribution is 0.587. The Morgan fingerprint density at radius 2 is 1.69 bits per heavy atom. The van der Waals surface area contributed by atoms with Gasteiger partial charge in [-0.05, 0) is 33.4 Å². The topological polar surface area (TPSA) is 46.2 Å². The van der Waals surface area contributed by atoms with Crippen LogP contribution in [0.3, 0.4) is 0 Å². The first-order valence-corrected chi connectivity index (χ1v) is 6.20. The van der Waals surface area contributed by atoms with Gasteiger partial charge in [-0.1, -0.05) is 0 Å². The van der Waals surface area contributed by atoms with Gasteiger partial charge in [0.1, 0.15) is 0 Å². The summed E-state index contributed by atoms with van der Waals surface area (Å²) in [7, 11) is -1.85. The van der Waals surface area contributed by atoms with E-state index in [1.165, 1.54) is 18.4 Å². The minimum atomic E-state index is -3.28. The van der Waals surface area contributed by atoms with Crippen LogP contribution in [-0.2, 0) is 10.0 Å². The van der Waals surface area contributed by atoms with Crippen LogP contribution in [-0.4, -0.2) is 15.5 Å². The SMILES string of the molecule is CNS(=O)(=O)c1c(C)sc(C)c1C. The zero-order valence-corrected chi connectivity index (χ0v) is 9.77. The van der Waals surface area contributed by atoms with Gasteiger partial charge < -0.3 is 0 Å². The van der Waals surface area contributed by atoms with Crippen molar-refractivity contribution in [2.24, 2.45) is 0 Å². The Kier molecular flexibility index (Phi) is 2.79. The van der Waals surface area contributed by atoms with Gasteiger partial charge in [-0.25, -0.2) is 13.1 Å². The average Bonchev–Trinajstić information content (AvgIpc) is 2.27. The van der Waals surface area contributed by atoms with Crippen LogP contribution in [0.5, 0.6) is 0 Å². The normalized spacial score (nSPS) is 12.0. The van der Waals surface area contributed by atoms with Gasteiger partial charge in [0.2, 0.25) is 10.0 Å². The van der Waals surface area contributed by atoms with E-state index in [0.717, 1.165) is 15.3 Å². The van der Waals surface area contributed by atoms with E-state index in [1.54, 1.807) is 0 Å². The highest BCUT2D eigenvalue weighted by atomic mass is 32.2. The maximum atomic E-state index is 11.6. The van der Waals surface area contributed by atoms with E-state index in [0.29, 0.717) is 4.90 Å². The predicted octanol–water partition coefficient (Wildman–Crippen LogP) is 1.58. The highest BCUT2D eigenvalue weighted by molar-refractivity contribution is 7.89. The molecule has 5 heteroatoms. The largest absolute Gasteiger partial charge is 0.241 e. The molecule has 13 heavy (non-hydrogen) atoms. The zero-order chi connectivity index (χ0) is 10.2. The fraction of sp³-hybridized carbons (Fsp3) is 0.500. The monoisotopic (exact) mass is 219 g/mol. The fourth-order valence-corrected chi connectivity index (χ4v) is 3.89. The molecule has 1 aromatic rings. The van der Waals surface area contributed by atoms with E-state index in [1.807, 2.05) is 20.8 Å². The lowest BCUT2D eigenvalue weighted by Crippen LogP contribution is -2.19. The maximum Gasteiger partial charge on any atom is 0.241 e. The van der Waals surface area contributed by atoms with E-state index in [2.05, 4.69) is 4.72 Å². The number of hydrogen-bond acceptors (Lipinski definition) is 3. The summed E-state index contributed by atoms with van der Waals surface area (Å²) in [6.07, 6.45) is 0. The molecule has 0 unspecified atom stereocenters. The Hall–Kier alpha value is -0.390. The van der Waals surface area contributed by atoms with Crippen LogP contribution in [0.4, 0.5) is 0 Å². The van der Waals surface area contributed by atoms with Crippen LogP contribution in [0.15, 0.2) is 4.90 Å². The Morgan fingerprint density at radius 1 is 1.15 bits per heavy atom. The number of thiophene rings is 1. The second-order valence-corrected chi connectivity index (χ2v) is 6.13. The summed E-state index contributed by atoms with van der Waals surface area (Å²) >= 11 is 1.52. The van der Waals surface area contributed by atoms with E-state index in [-0.39, 0.29) is 0 Å². The molecule has 0 saturated carbocycles. The van der Waals surface area contributed by atoms with Gasteiger partial charge in [-0.2, -0.15) is 0 Å². The Balaban J connectivity index is 3.47. The molecule has 1 rings (SSSR count). The maximum absolute atomic E-state index is 11.6. The van der Waals surface area contributed by atoms with E-state index in [4.69, 9.17) is 0 Å². The molecule has 0 aliphatic rings. The summed E-state index contributed by atoms with van der Waals surface area (Å²) in [6.45, 7) is 5.60. The van der Waals surface area contributed by atoms with Gasteiger partial charge in [0.05, 0.1) is 4.90 Å². The Morgan fingerprint density at radius 3 is 2.00 bits per heavy atom. The van der Waals surface area contributed by atoms with Crippen LogP contribution in [0, 0.1) is 20.8 Å². The first-order chi connectivity index (χ1) is 5.90. The molecule has 0 fully saturated rings. The predicted molar refractivity (Wildman–Crippen MR) is 54.8 cm³/mol. The molecule has 1 aromatic heterocycles. The van der Waals surface area contributed by atoms with E-state index >= 15 is 0 Å². The van der Waals surface area contributed by atoms with Gasteiger partial charge >= 0.3 is 0 Å². The number of nitrogens with one attached hydrogen (secondary N) is 1. The standard InChI is InChI=1S/C8H13NO2S2/c1-5-6(2)12-7(3)8(5)13(10,11)9-4/h9H,1-4H3. The van der Waals surface area contributed by atoms with Crippen molar-refractivity contribution in [3.63, 3.8) is 0 Å². The Labute approximate surface area is 82.8 Å². The number of aryl methyl sites for hydroxylation is 2. The molecule has 3 nitrogen and oxygen atoms in total. The van der Waals surface area contributed by atoms with Crippen molar-refractivity contribution in [3.05, 3.63) is 15.3 Å². The van der Waals surface area contributed by atoms with Crippen molar-refractivity contribution in [3.8, 4) is 0 Å². The number of sulfonamides is 1. The molecule has 1 N–H and O–H groups in total. The lowest BCUT2D eigenvalue weighted by Gasteiger charge is -2.02. The van der Waals surface area contributed by atoms with Gasteiger partial charge in [-0.3, -0.25) is 0 Å². The van der Waals surface area contributed by atoms with Crippen LogP contribution >= 0.6 is 11.3 Å². The van der Waals surface area contributed by atoms with E-state index < -0.39 is 10.0 Å². The molecule has 74 valence electrons. The van der Waals surface area contributed by atoms with Crippen molar-refractivity contribution < 1.29 is 8.42 Å². The van der Waals surface area contributed by atoms with Crippen molar-refractivity contribution >= 4 is 21.4 Å². The summed E-state index contributed by atoms with van der Waals surface area (Å²) in [4.78, 5) is 2.35. The van der Waals surface area contributed by atoms with Crippen LogP contribution in [0.2, 0.25) is 0 Å². The van der Waals surface area contributed by atoms with Gasteiger partial charge in [-0.15, -0.1) is 11.3 Å². The molecule has 0 aliphatic carbocycles. The molecule has 0 atom stereocenters. The highest BCUT2D eigenvalue weighted by Crippen LogP contribution is 2.29. The minimum absolute atomic E-state index is 0.442. The zero-order valence-electron chi connectivity index (χ0n) is 8.13.